The third kappa shape index (κ3) is 4.61. The van der Waals surface area contributed by atoms with E-state index >= 15 is 0 Å². The Hall–Kier alpha value is -0.330. The summed E-state index contributed by atoms with van der Waals surface area (Å²) in [5.74, 6) is 0.235. The molecule has 1 atom stereocenters. The van der Waals surface area contributed by atoms with Gasteiger partial charge in [-0.25, -0.2) is 13.1 Å². The zero-order chi connectivity index (χ0) is 14.0. The molecule has 1 aliphatic rings. The maximum absolute atomic E-state index is 12.1. The molecular formula is C12H16Cl2N2O2S. The topological polar surface area (TPSA) is 72.2 Å². The molecule has 106 valence electrons. The first kappa shape index (κ1) is 15.1. The van der Waals surface area contributed by atoms with Crippen LogP contribution < -0.4 is 10.5 Å². The van der Waals surface area contributed by atoms with Crippen LogP contribution in [0.5, 0.6) is 0 Å². The largest absolute Gasteiger partial charge is 0.329 e. The van der Waals surface area contributed by atoms with Crippen LogP contribution in [0.25, 0.3) is 0 Å². The lowest BCUT2D eigenvalue weighted by molar-refractivity contribution is 0.518. The minimum absolute atomic E-state index is 0.142. The molecule has 3 N–H and O–H groups in total. The second-order valence-corrected chi connectivity index (χ2v) is 7.46. The van der Waals surface area contributed by atoms with Crippen LogP contribution >= 0.6 is 23.2 Å². The number of sulfonamides is 1. The molecule has 1 aromatic rings. The summed E-state index contributed by atoms with van der Waals surface area (Å²) in [6, 6.07) is 4.60. The molecule has 0 saturated heterocycles. The van der Waals surface area contributed by atoms with Crippen molar-refractivity contribution in [2.45, 2.75) is 24.6 Å². The fourth-order valence-corrected chi connectivity index (χ4v) is 4.03. The van der Waals surface area contributed by atoms with Gasteiger partial charge in [-0.05, 0) is 42.5 Å². The fraction of sp³-hybridized carbons (Fsp3) is 0.500. The van der Waals surface area contributed by atoms with Crippen molar-refractivity contribution in [2.24, 2.45) is 11.7 Å². The summed E-state index contributed by atoms with van der Waals surface area (Å²) in [6.45, 7) is 0.320. The molecule has 1 aromatic carbocycles. The Kier molecular flexibility index (Phi) is 4.74. The van der Waals surface area contributed by atoms with Crippen LogP contribution in [-0.2, 0) is 15.8 Å². The van der Waals surface area contributed by atoms with Gasteiger partial charge in [-0.1, -0.05) is 23.2 Å². The van der Waals surface area contributed by atoms with Crippen molar-refractivity contribution in [1.82, 2.24) is 4.72 Å². The van der Waals surface area contributed by atoms with E-state index in [9.17, 15) is 8.42 Å². The van der Waals surface area contributed by atoms with Crippen LogP contribution in [0, 0.1) is 5.92 Å². The van der Waals surface area contributed by atoms with E-state index in [1.54, 1.807) is 18.2 Å². The second-order valence-electron chi connectivity index (χ2n) is 4.83. The molecule has 0 amide bonds. The molecule has 0 heterocycles. The zero-order valence-corrected chi connectivity index (χ0v) is 12.6. The Morgan fingerprint density at radius 2 is 1.84 bits per heavy atom. The van der Waals surface area contributed by atoms with Gasteiger partial charge in [0.15, 0.2) is 0 Å². The van der Waals surface area contributed by atoms with E-state index < -0.39 is 10.0 Å². The molecule has 4 nitrogen and oxygen atoms in total. The van der Waals surface area contributed by atoms with Gasteiger partial charge < -0.3 is 5.73 Å². The molecule has 7 heteroatoms. The zero-order valence-electron chi connectivity index (χ0n) is 10.3. The number of nitrogens with two attached hydrogens (primary N) is 1. The molecule has 1 unspecified atom stereocenters. The van der Waals surface area contributed by atoms with Gasteiger partial charge in [-0.3, -0.25) is 0 Å². The Bertz CT molecular complexity index is 539. The predicted molar refractivity (Wildman–Crippen MR) is 77.8 cm³/mol. The lowest BCUT2D eigenvalue weighted by Gasteiger charge is -2.16. The summed E-state index contributed by atoms with van der Waals surface area (Å²) in [5.41, 5.74) is 6.16. The van der Waals surface area contributed by atoms with E-state index in [0.29, 0.717) is 28.1 Å². The minimum Gasteiger partial charge on any atom is -0.329 e. The van der Waals surface area contributed by atoms with Gasteiger partial charge >= 0.3 is 0 Å². The summed E-state index contributed by atoms with van der Waals surface area (Å²) < 4.78 is 26.8. The normalized spacial score (nSPS) is 17.4. The maximum Gasteiger partial charge on any atom is 0.216 e. The lowest BCUT2D eigenvalue weighted by Crippen LogP contribution is -2.42. The molecule has 1 saturated carbocycles. The highest BCUT2D eigenvalue weighted by molar-refractivity contribution is 7.88. The van der Waals surface area contributed by atoms with Crippen molar-refractivity contribution in [3.05, 3.63) is 33.8 Å². The van der Waals surface area contributed by atoms with E-state index in [0.717, 1.165) is 12.8 Å². The smallest absolute Gasteiger partial charge is 0.216 e. The van der Waals surface area contributed by atoms with Crippen molar-refractivity contribution in [3.8, 4) is 0 Å². The third-order valence-corrected chi connectivity index (χ3v) is 4.87. The summed E-state index contributed by atoms with van der Waals surface area (Å²) in [5, 5.41) is 0.852. The van der Waals surface area contributed by atoms with Gasteiger partial charge in [0, 0.05) is 22.6 Å². The number of hydrogen-bond donors (Lipinski definition) is 2. The number of hydrogen-bond acceptors (Lipinski definition) is 3. The monoisotopic (exact) mass is 322 g/mol. The summed E-state index contributed by atoms with van der Waals surface area (Å²) in [6.07, 6.45) is 2.07. The Morgan fingerprint density at radius 1 is 1.26 bits per heavy atom. The highest BCUT2D eigenvalue weighted by Gasteiger charge is 2.32. The molecule has 0 spiro atoms. The standard InChI is InChI=1S/C12H16Cl2N2O2S/c13-10-3-8(4-11(14)5-10)7-19(17,18)16-12(6-15)9-1-2-9/h3-5,9,12,16H,1-2,6-7,15H2. The number of benzene rings is 1. The molecule has 19 heavy (non-hydrogen) atoms. The van der Waals surface area contributed by atoms with Gasteiger partial charge in [0.2, 0.25) is 10.0 Å². The van der Waals surface area contributed by atoms with Crippen LogP contribution in [0.2, 0.25) is 10.0 Å². The van der Waals surface area contributed by atoms with Crippen molar-refractivity contribution in [3.63, 3.8) is 0 Å². The van der Waals surface area contributed by atoms with Crippen LogP contribution in [0.1, 0.15) is 18.4 Å². The Balaban J connectivity index is 2.07. The summed E-state index contributed by atoms with van der Waals surface area (Å²) in [7, 11) is -3.43. The molecule has 0 radical (unpaired) electrons. The van der Waals surface area contributed by atoms with Crippen LogP contribution in [0.15, 0.2) is 18.2 Å². The Labute approximate surface area is 123 Å². The van der Waals surface area contributed by atoms with Gasteiger partial charge in [0.25, 0.3) is 0 Å². The summed E-state index contributed by atoms with van der Waals surface area (Å²) in [4.78, 5) is 0. The van der Waals surface area contributed by atoms with Crippen molar-refractivity contribution >= 4 is 33.2 Å². The minimum atomic E-state index is -3.43. The van der Waals surface area contributed by atoms with E-state index in [4.69, 9.17) is 28.9 Å². The quantitative estimate of drug-likeness (QED) is 0.842. The van der Waals surface area contributed by atoms with Gasteiger partial charge in [0.05, 0.1) is 5.75 Å². The van der Waals surface area contributed by atoms with Crippen molar-refractivity contribution in [1.29, 1.82) is 0 Å². The van der Waals surface area contributed by atoms with E-state index in [1.165, 1.54) is 0 Å². The van der Waals surface area contributed by atoms with Crippen LogP contribution in [-0.4, -0.2) is 21.0 Å². The highest BCUT2D eigenvalue weighted by Crippen LogP contribution is 2.32. The fourth-order valence-electron chi connectivity index (χ4n) is 2.02. The predicted octanol–water partition coefficient (Wildman–Crippen LogP) is 2.15. The van der Waals surface area contributed by atoms with Crippen LogP contribution in [0.3, 0.4) is 0 Å². The number of rotatable bonds is 6. The van der Waals surface area contributed by atoms with Gasteiger partial charge in [0.1, 0.15) is 0 Å². The first-order chi connectivity index (χ1) is 8.89. The molecule has 1 fully saturated rings. The number of halogens is 2. The maximum atomic E-state index is 12.1. The molecular weight excluding hydrogens is 307 g/mol. The number of nitrogens with one attached hydrogen (secondary N) is 1. The van der Waals surface area contributed by atoms with Crippen LogP contribution in [0.4, 0.5) is 0 Å². The first-order valence-electron chi connectivity index (χ1n) is 6.04. The van der Waals surface area contributed by atoms with Gasteiger partial charge in [-0.15, -0.1) is 0 Å². The van der Waals surface area contributed by atoms with Gasteiger partial charge in [-0.2, -0.15) is 0 Å². The van der Waals surface area contributed by atoms with E-state index in [1.807, 2.05) is 0 Å². The average molecular weight is 323 g/mol. The summed E-state index contributed by atoms with van der Waals surface area (Å²) >= 11 is 11.7. The second kappa shape index (κ2) is 5.97. The van der Waals surface area contributed by atoms with E-state index in [-0.39, 0.29) is 11.8 Å². The Morgan fingerprint density at radius 3 is 2.32 bits per heavy atom. The molecule has 0 aliphatic heterocycles. The molecule has 0 bridgehead atoms. The lowest BCUT2D eigenvalue weighted by atomic mass is 10.2. The molecule has 1 aliphatic carbocycles. The SMILES string of the molecule is NCC(NS(=O)(=O)Cc1cc(Cl)cc(Cl)c1)C1CC1. The van der Waals surface area contributed by atoms with Crippen molar-refractivity contribution < 1.29 is 8.42 Å². The third-order valence-electron chi connectivity index (χ3n) is 3.05. The first-order valence-corrected chi connectivity index (χ1v) is 8.45. The van der Waals surface area contributed by atoms with E-state index in [2.05, 4.69) is 4.72 Å². The highest BCUT2D eigenvalue weighted by atomic mass is 35.5. The average Bonchev–Trinajstić information content (AvgIpc) is 3.07. The van der Waals surface area contributed by atoms with Crippen molar-refractivity contribution in [2.75, 3.05) is 6.54 Å². The molecule has 2 rings (SSSR count). The molecule has 0 aromatic heterocycles.